The Kier molecular flexibility index (Phi) is 5.63. The Balaban J connectivity index is 2.64. The third kappa shape index (κ3) is 4.15. The zero-order valence-electron chi connectivity index (χ0n) is 10.2. The molecule has 0 aliphatic carbocycles. The van der Waals surface area contributed by atoms with Crippen LogP contribution in [0.1, 0.15) is 26.2 Å². The van der Waals surface area contributed by atoms with E-state index in [0.717, 1.165) is 18.5 Å². The van der Waals surface area contributed by atoms with Gasteiger partial charge in [0.05, 0.1) is 0 Å². The molecule has 0 heterocycles. The van der Waals surface area contributed by atoms with Crippen LogP contribution in [0.4, 0.5) is 10.1 Å². The van der Waals surface area contributed by atoms with Gasteiger partial charge in [-0.05, 0) is 50.6 Å². The molecule has 0 saturated carbocycles. The van der Waals surface area contributed by atoms with Crippen LogP contribution in [0.25, 0.3) is 0 Å². The van der Waals surface area contributed by atoms with Gasteiger partial charge in [0, 0.05) is 18.7 Å². The molecular weight excluding hydrogens is 219 g/mol. The first-order valence-corrected chi connectivity index (χ1v) is 5.95. The summed E-state index contributed by atoms with van der Waals surface area (Å²) in [6.07, 6.45) is 2.14. The Morgan fingerprint density at radius 1 is 1.29 bits per heavy atom. The maximum Gasteiger partial charge on any atom is 0.226 e. The molecule has 1 rings (SSSR count). The van der Waals surface area contributed by atoms with Gasteiger partial charge in [0.25, 0.3) is 0 Å². The van der Waals surface area contributed by atoms with Crippen LogP contribution in [0.2, 0.25) is 0 Å². The number of carbonyl (C=O) groups excluding carboxylic acids is 1. The van der Waals surface area contributed by atoms with E-state index in [9.17, 15) is 9.18 Å². The summed E-state index contributed by atoms with van der Waals surface area (Å²) in [4.78, 5) is 13.6. The zero-order valence-corrected chi connectivity index (χ0v) is 10.2. The predicted molar refractivity (Wildman–Crippen MR) is 67.3 cm³/mol. The molecule has 0 atom stereocenters. The van der Waals surface area contributed by atoms with Gasteiger partial charge >= 0.3 is 0 Å². The molecule has 0 spiro atoms. The van der Waals surface area contributed by atoms with Crippen molar-refractivity contribution in [3.05, 3.63) is 30.1 Å². The third-order valence-corrected chi connectivity index (χ3v) is 2.60. The molecule has 0 aliphatic rings. The normalized spacial score (nSPS) is 10.3. The molecule has 4 heteroatoms. The fourth-order valence-electron chi connectivity index (χ4n) is 1.68. The number of amides is 1. The molecule has 1 aromatic carbocycles. The van der Waals surface area contributed by atoms with Crippen molar-refractivity contribution in [1.82, 2.24) is 0 Å². The van der Waals surface area contributed by atoms with Gasteiger partial charge in [0.15, 0.2) is 0 Å². The summed E-state index contributed by atoms with van der Waals surface area (Å²) in [5.41, 5.74) is 6.13. The van der Waals surface area contributed by atoms with Crippen molar-refractivity contribution in [2.45, 2.75) is 26.2 Å². The first-order chi connectivity index (χ1) is 8.19. The summed E-state index contributed by atoms with van der Waals surface area (Å²) >= 11 is 0. The second-order valence-electron chi connectivity index (χ2n) is 3.86. The van der Waals surface area contributed by atoms with Crippen molar-refractivity contribution in [2.24, 2.45) is 5.73 Å². The minimum Gasteiger partial charge on any atom is -0.330 e. The number of hydrogen-bond donors (Lipinski definition) is 1. The minimum atomic E-state index is -0.291. The van der Waals surface area contributed by atoms with E-state index in [1.807, 2.05) is 6.92 Å². The van der Waals surface area contributed by atoms with Gasteiger partial charge in [-0.1, -0.05) is 0 Å². The van der Waals surface area contributed by atoms with Crippen LogP contribution < -0.4 is 10.6 Å². The summed E-state index contributed by atoms with van der Waals surface area (Å²) in [7, 11) is 0. The highest BCUT2D eigenvalue weighted by molar-refractivity contribution is 5.93. The van der Waals surface area contributed by atoms with Crippen LogP contribution in [0.3, 0.4) is 0 Å². The minimum absolute atomic E-state index is 0.0626. The molecule has 3 nitrogen and oxygen atoms in total. The Morgan fingerprint density at radius 2 is 1.94 bits per heavy atom. The number of halogens is 1. The summed E-state index contributed by atoms with van der Waals surface area (Å²) in [5.74, 6) is -0.229. The van der Waals surface area contributed by atoms with E-state index in [0.29, 0.717) is 19.5 Å². The molecule has 0 unspecified atom stereocenters. The number of nitrogens with zero attached hydrogens (tertiary/aromatic N) is 1. The highest BCUT2D eigenvalue weighted by Crippen LogP contribution is 2.16. The van der Waals surface area contributed by atoms with E-state index in [4.69, 9.17) is 5.73 Å². The average molecular weight is 238 g/mol. The lowest BCUT2D eigenvalue weighted by atomic mass is 10.2. The highest BCUT2D eigenvalue weighted by Gasteiger charge is 2.12. The number of unbranched alkanes of at least 4 members (excludes halogenated alkanes) is 1. The summed E-state index contributed by atoms with van der Waals surface area (Å²) in [6.45, 7) is 3.10. The van der Waals surface area contributed by atoms with Gasteiger partial charge in [-0.15, -0.1) is 0 Å². The van der Waals surface area contributed by atoms with Gasteiger partial charge in [-0.2, -0.15) is 0 Å². The molecule has 0 bridgehead atoms. The lowest BCUT2D eigenvalue weighted by Crippen LogP contribution is -2.30. The second kappa shape index (κ2) is 7.01. The third-order valence-electron chi connectivity index (χ3n) is 2.60. The van der Waals surface area contributed by atoms with Crippen molar-refractivity contribution in [3.63, 3.8) is 0 Å². The van der Waals surface area contributed by atoms with Gasteiger partial charge in [-0.3, -0.25) is 4.79 Å². The van der Waals surface area contributed by atoms with Crippen LogP contribution in [-0.4, -0.2) is 19.0 Å². The summed E-state index contributed by atoms with van der Waals surface area (Å²) in [5, 5.41) is 0. The van der Waals surface area contributed by atoms with E-state index in [2.05, 4.69) is 0 Å². The Morgan fingerprint density at radius 3 is 2.47 bits per heavy atom. The smallest absolute Gasteiger partial charge is 0.226 e. The van der Waals surface area contributed by atoms with Crippen molar-refractivity contribution in [1.29, 1.82) is 0 Å². The lowest BCUT2D eigenvalue weighted by Gasteiger charge is -2.21. The Labute approximate surface area is 101 Å². The quantitative estimate of drug-likeness (QED) is 0.773. The van der Waals surface area contributed by atoms with Crippen molar-refractivity contribution in [2.75, 3.05) is 18.0 Å². The van der Waals surface area contributed by atoms with Crippen LogP contribution in [0, 0.1) is 5.82 Å². The van der Waals surface area contributed by atoms with E-state index in [1.165, 1.54) is 12.1 Å². The van der Waals surface area contributed by atoms with Crippen LogP contribution >= 0.6 is 0 Å². The Hall–Kier alpha value is -1.42. The number of carbonyl (C=O) groups is 1. The summed E-state index contributed by atoms with van der Waals surface area (Å²) < 4.78 is 12.8. The highest BCUT2D eigenvalue weighted by atomic mass is 19.1. The molecule has 1 amide bonds. The first-order valence-electron chi connectivity index (χ1n) is 5.95. The average Bonchev–Trinajstić information content (AvgIpc) is 2.33. The van der Waals surface area contributed by atoms with Crippen molar-refractivity contribution >= 4 is 11.6 Å². The molecule has 0 aromatic heterocycles. The topological polar surface area (TPSA) is 46.3 Å². The van der Waals surface area contributed by atoms with Crippen LogP contribution in [0.15, 0.2) is 24.3 Å². The maximum absolute atomic E-state index is 12.8. The van der Waals surface area contributed by atoms with E-state index in [-0.39, 0.29) is 11.7 Å². The molecule has 0 saturated heterocycles. The number of rotatable bonds is 6. The fraction of sp³-hybridized carbons (Fsp3) is 0.462. The lowest BCUT2D eigenvalue weighted by molar-refractivity contribution is -0.118. The van der Waals surface area contributed by atoms with E-state index in [1.54, 1.807) is 17.0 Å². The number of anilines is 1. The van der Waals surface area contributed by atoms with Crippen molar-refractivity contribution < 1.29 is 9.18 Å². The maximum atomic E-state index is 12.8. The molecule has 0 fully saturated rings. The van der Waals surface area contributed by atoms with Crippen LogP contribution in [-0.2, 0) is 4.79 Å². The fourth-order valence-corrected chi connectivity index (χ4v) is 1.68. The van der Waals surface area contributed by atoms with E-state index >= 15 is 0 Å². The van der Waals surface area contributed by atoms with Gasteiger partial charge in [-0.25, -0.2) is 4.39 Å². The predicted octanol–water partition coefficient (Wildman–Crippen LogP) is 2.31. The molecule has 2 N–H and O–H groups in total. The number of benzene rings is 1. The van der Waals surface area contributed by atoms with Crippen LogP contribution in [0.5, 0.6) is 0 Å². The summed E-state index contributed by atoms with van der Waals surface area (Å²) in [6, 6.07) is 5.98. The zero-order chi connectivity index (χ0) is 12.7. The first kappa shape index (κ1) is 13.6. The SMILES string of the molecule is CCN(C(=O)CCCCN)c1ccc(F)cc1. The molecule has 94 valence electrons. The molecule has 0 radical (unpaired) electrons. The molecule has 17 heavy (non-hydrogen) atoms. The number of nitrogens with two attached hydrogens (primary N) is 1. The van der Waals surface area contributed by atoms with Gasteiger partial charge < -0.3 is 10.6 Å². The molecule has 0 aliphatic heterocycles. The monoisotopic (exact) mass is 238 g/mol. The Bertz CT molecular complexity index is 351. The largest absolute Gasteiger partial charge is 0.330 e. The van der Waals surface area contributed by atoms with Gasteiger partial charge in [0.1, 0.15) is 5.82 Å². The van der Waals surface area contributed by atoms with Crippen molar-refractivity contribution in [3.8, 4) is 0 Å². The van der Waals surface area contributed by atoms with Gasteiger partial charge in [0.2, 0.25) is 5.91 Å². The second-order valence-corrected chi connectivity index (χ2v) is 3.86. The molecular formula is C13H19FN2O. The molecule has 1 aromatic rings. The van der Waals surface area contributed by atoms with E-state index < -0.39 is 0 Å². The number of hydrogen-bond acceptors (Lipinski definition) is 2. The standard InChI is InChI=1S/C13H19FN2O/c1-2-16(13(17)5-3-4-10-15)12-8-6-11(14)7-9-12/h6-9H,2-5,10,15H2,1H3.